The van der Waals surface area contributed by atoms with E-state index in [-0.39, 0.29) is 10.8 Å². The highest BCUT2D eigenvalue weighted by molar-refractivity contribution is 9.10. The number of carbonyl (C=O) groups is 1. The van der Waals surface area contributed by atoms with Gasteiger partial charge in [-0.25, -0.2) is 8.42 Å². The lowest BCUT2D eigenvalue weighted by Crippen LogP contribution is -2.31. The van der Waals surface area contributed by atoms with Crippen LogP contribution in [0.1, 0.15) is 38.1 Å². The second-order valence-corrected chi connectivity index (χ2v) is 9.17. The van der Waals surface area contributed by atoms with Crippen LogP contribution in [-0.4, -0.2) is 44.8 Å². The Kier molecular flexibility index (Phi) is 8.24. The molecule has 0 aliphatic heterocycles. The maximum atomic E-state index is 13.0. The Morgan fingerprint density at radius 2 is 1.59 bits per heavy atom. The van der Waals surface area contributed by atoms with E-state index in [1.54, 1.807) is 50.2 Å². The lowest BCUT2D eigenvalue weighted by atomic mass is 10.2. The molecule has 2 aromatic carbocycles. The molecule has 1 amide bonds. The number of nitrogens with one attached hydrogen (secondary N) is 1. The maximum Gasteiger partial charge on any atom is 0.256 e. The summed E-state index contributed by atoms with van der Waals surface area (Å²) in [5.74, 6) is -0.303. The molecule has 1 N–H and O–H groups in total. The molecule has 0 atom stereocenters. The molecule has 0 aliphatic rings. The molecule has 0 aromatic heterocycles. The van der Waals surface area contributed by atoms with Crippen LogP contribution in [0.4, 0.5) is 11.4 Å². The van der Waals surface area contributed by atoms with Gasteiger partial charge in [0.25, 0.3) is 5.91 Å². The quantitative estimate of drug-likeness (QED) is 0.568. The Morgan fingerprint density at radius 1 is 0.966 bits per heavy atom. The van der Waals surface area contributed by atoms with Gasteiger partial charge in [-0.1, -0.05) is 26.0 Å². The molecule has 0 aliphatic carbocycles. The summed E-state index contributed by atoms with van der Waals surface area (Å²) in [7, 11) is -3.63. The van der Waals surface area contributed by atoms with Crippen molar-refractivity contribution < 1.29 is 13.2 Å². The Labute approximate surface area is 182 Å². The Bertz CT molecular complexity index is 955. The average molecular weight is 482 g/mol. The molecule has 29 heavy (non-hydrogen) atoms. The van der Waals surface area contributed by atoms with Crippen molar-refractivity contribution in [2.75, 3.05) is 36.4 Å². The molecule has 6 nitrogen and oxygen atoms in total. The second-order valence-electron chi connectivity index (χ2n) is 6.37. The Morgan fingerprint density at radius 3 is 2.14 bits per heavy atom. The number of nitrogens with zero attached hydrogens (tertiary/aromatic N) is 2. The number of rotatable bonds is 9. The van der Waals surface area contributed by atoms with E-state index in [4.69, 9.17) is 0 Å². The Hall–Kier alpha value is -1.90. The van der Waals surface area contributed by atoms with Gasteiger partial charge in [0.15, 0.2) is 0 Å². The van der Waals surface area contributed by atoms with E-state index < -0.39 is 10.0 Å². The van der Waals surface area contributed by atoms with Crippen molar-refractivity contribution in [1.29, 1.82) is 0 Å². The lowest BCUT2D eigenvalue weighted by molar-refractivity contribution is 0.102. The van der Waals surface area contributed by atoms with Crippen LogP contribution >= 0.6 is 15.9 Å². The van der Waals surface area contributed by atoms with E-state index in [0.29, 0.717) is 28.8 Å². The molecule has 0 saturated carbocycles. The monoisotopic (exact) mass is 481 g/mol. The van der Waals surface area contributed by atoms with Crippen LogP contribution in [0.3, 0.4) is 0 Å². The molecular weight excluding hydrogens is 454 g/mol. The van der Waals surface area contributed by atoms with Crippen LogP contribution in [0.15, 0.2) is 51.8 Å². The topological polar surface area (TPSA) is 69.7 Å². The summed E-state index contributed by atoms with van der Waals surface area (Å²) in [4.78, 5) is 15.1. The summed E-state index contributed by atoms with van der Waals surface area (Å²) in [6.45, 7) is 9.88. The highest BCUT2D eigenvalue weighted by Crippen LogP contribution is 2.31. The van der Waals surface area contributed by atoms with E-state index >= 15 is 0 Å². The van der Waals surface area contributed by atoms with Gasteiger partial charge < -0.3 is 10.2 Å². The fraction of sp³-hybridized carbons (Fsp3) is 0.381. The molecule has 0 unspecified atom stereocenters. The second kappa shape index (κ2) is 10.2. The van der Waals surface area contributed by atoms with Gasteiger partial charge >= 0.3 is 0 Å². The zero-order valence-corrected chi connectivity index (χ0v) is 19.7. The third kappa shape index (κ3) is 5.18. The number of benzene rings is 2. The number of anilines is 2. The van der Waals surface area contributed by atoms with Gasteiger partial charge in [-0.2, -0.15) is 4.31 Å². The van der Waals surface area contributed by atoms with Crippen LogP contribution in [0.5, 0.6) is 0 Å². The minimum atomic E-state index is -3.63. The fourth-order valence-electron chi connectivity index (χ4n) is 3.16. The van der Waals surface area contributed by atoms with Crippen LogP contribution in [0.25, 0.3) is 0 Å². The first kappa shape index (κ1) is 23.4. The van der Waals surface area contributed by atoms with E-state index in [1.807, 2.05) is 19.9 Å². The van der Waals surface area contributed by atoms with Gasteiger partial charge in [0.1, 0.15) is 0 Å². The van der Waals surface area contributed by atoms with Crippen molar-refractivity contribution in [3.05, 3.63) is 52.5 Å². The fourth-order valence-corrected chi connectivity index (χ4v) is 5.11. The summed E-state index contributed by atoms with van der Waals surface area (Å²) >= 11 is 3.40. The van der Waals surface area contributed by atoms with Gasteiger partial charge in [-0.15, -0.1) is 0 Å². The highest BCUT2D eigenvalue weighted by atomic mass is 79.9. The van der Waals surface area contributed by atoms with Gasteiger partial charge in [0, 0.05) is 30.7 Å². The summed E-state index contributed by atoms with van der Waals surface area (Å²) in [5.41, 5.74) is 1.74. The number of amides is 1. The number of hydrogen-bond donors (Lipinski definition) is 1. The highest BCUT2D eigenvalue weighted by Gasteiger charge is 2.24. The van der Waals surface area contributed by atoms with Gasteiger partial charge in [-0.05, 0) is 60.1 Å². The third-order valence-corrected chi connectivity index (χ3v) is 7.52. The average Bonchev–Trinajstić information content (AvgIpc) is 2.70. The molecule has 0 heterocycles. The molecule has 0 radical (unpaired) electrons. The van der Waals surface area contributed by atoms with Crippen molar-refractivity contribution in [3.63, 3.8) is 0 Å². The van der Waals surface area contributed by atoms with Crippen LogP contribution in [-0.2, 0) is 10.0 Å². The van der Waals surface area contributed by atoms with Crippen molar-refractivity contribution in [2.24, 2.45) is 0 Å². The van der Waals surface area contributed by atoms with E-state index in [2.05, 4.69) is 26.1 Å². The molecule has 0 bridgehead atoms. The first-order valence-corrected chi connectivity index (χ1v) is 12.0. The van der Waals surface area contributed by atoms with Crippen molar-refractivity contribution in [2.45, 2.75) is 32.6 Å². The first-order valence-electron chi connectivity index (χ1n) is 9.75. The Balaban J connectivity index is 2.54. The lowest BCUT2D eigenvalue weighted by Gasteiger charge is -2.26. The zero-order chi connectivity index (χ0) is 21.6. The zero-order valence-electron chi connectivity index (χ0n) is 17.3. The van der Waals surface area contributed by atoms with E-state index in [9.17, 15) is 13.2 Å². The van der Waals surface area contributed by atoms with E-state index in [1.165, 1.54) is 4.31 Å². The number of sulfonamides is 1. The number of hydrogen-bond acceptors (Lipinski definition) is 4. The molecule has 0 saturated heterocycles. The van der Waals surface area contributed by atoms with Crippen molar-refractivity contribution in [1.82, 2.24) is 4.31 Å². The third-order valence-electron chi connectivity index (χ3n) is 4.78. The molecule has 2 rings (SSSR count). The van der Waals surface area contributed by atoms with Gasteiger partial charge in [-0.3, -0.25) is 4.79 Å². The summed E-state index contributed by atoms with van der Waals surface area (Å²) < 4.78 is 28.0. The number of halogens is 1. The minimum absolute atomic E-state index is 0.166. The smallest absolute Gasteiger partial charge is 0.256 e. The molecule has 158 valence electrons. The molecule has 2 aromatic rings. The standard InChI is InChI=1S/C21H28BrN3O3S/c1-5-24(6-2)20-14-13-16(29(27,28)25(7-3)8-4)15-19(20)23-21(26)17-11-9-10-12-18(17)22/h9-15H,5-8H2,1-4H3,(H,23,26). The van der Waals surface area contributed by atoms with Gasteiger partial charge in [0.05, 0.1) is 21.8 Å². The van der Waals surface area contributed by atoms with E-state index in [0.717, 1.165) is 18.8 Å². The maximum absolute atomic E-state index is 13.0. The first-order chi connectivity index (χ1) is 13.8. The van der Waals surface area contributed by atoms with Crippen LogP contribution in [0.2, 0.25) is 0 Å². The van der Waals surface area contributed by atoms with Crippen LogP contribution < -0.4 is 10.2 Å². The molecule has 0 spiro atoms. The summed E-state index contributed by atoms with van der Waals surface area (Å²) in [6, 6.07) is 12.0. The molecule has 0 fully saturated rings. The molecular formula is C21H28BrN3O3S. The largest absolute Gasteiger partial charge is 0.370 e. The molecule has 8 heteroatoms. The summed E-state index contributed by atoms with van der Waals surface area (Å²) in [6.07, 6.45) is 0. The van der Waals surface area contributed by atoms with Crippen LogP contribution in [0, 0.1) is 0 Å². The van der Waals surface area contributed by atoms with Crippen molar-refractivity contribution in [3.8, 4) is 0 Å². The minimum Gasteiger partial charge on any atom is -0.370 e. The summed E-state index contributed by atoms with van der Waals surface area (Å²) in [5, 5.41) is 2.91. The predicted octanol–water partition coefficient (Wildman–Crippen LogP) is 4.58. The number of carbonyl (C=O) groups excluding carboxylic acids is 1. The normalized spacial score (nSPS) is 11.5. The SMILES string of the molecule is CCN(CC)c1ccc(S(=O)(=O)N(CC)CC)cc1NC(=O)c1ccccc1Br. The van der Waals surface area contributed by atoms with Crippen molar-refractivity contribution >= 4 is 43.2 Å². The predicted molar refractivity (Wildman–Crippen MR) is 122 cm³/mol. The van der Waals surface area contributed by atoms with Gasteiger partial charge in [0.2, 0.25) is 10.0 Å².